The third kappa shape index (κ3) is 6.84. The van der Waals surface area contributed by atoms with Gasteiger partial charge in [0.2, 0.25) is 0 Å². The number of hydrogen-bond acceptors (Lipinski definition) is 8. The Labute approximate surface area is 219 Å². The first-order valence-corrected chi connectivity index (χ1v) is 13.6. The summed E-state index contributed by atoms with van der Waals surface area (Å²) in [6, 6.07) is 7.36. The number of fused-ring (bicyclic) bond motifs is 2. The molecule has 6 atom stereocenters. The van der Waals surface area contributed by atoms with E-state index in [-0.39, 0.29) is 42.3 Å². The quantitative estimate of drug-likeness (QED) is 0.404. The molecule has 1 aromatic rings. The molecule has 3 heterocycles. The number of ether oxygens (including phenoxy) is 5. The molecule has 4 rings (SSSR count). The smallest absolute Gasteiger partial charge is 0.309 e. The van der Waals surface area contributed by atoms with E-state index in [2.05, 4.69) is 13.8 Å². The molecule has 0 saturated carbocycles. The molecule has 37 heavy (non-hydrogen) atoms. The molecule has 3 aliphatic rings. The molecule has 1 N–H and O–H groups in total. The lowest BCUT2D eigenvalue weighted by Gasteiger charge is -2.56. The number of esters is 2. The Bertz CT molecular complexity index is 942. The van der Waals surface area contributed by atoms with E-state index in [0.717, 1.165) is 44.1 Å². The molecule has 3 saturated heterocycles. The van der Waals surface area contributed by atoms with Crippen molar-refractivity contribution in [2.75, 3.05) is 7.11 Å². The monoisotopic (exact) mass is 518 g/mol. The van der Waals surface area contributed by atoms with Crippen LogP contribution in [0.1, 0.15) is 84.1 Å². The zero-order chi connectivity index (χ0) is 26.6. The zero-order valence-electron chi connectivity index (χ0n) is 22.6. The maximum Gasteiger partial charge on any atom is 0.309 e. The Morgan fingerprint density at radius 2 is 1.86 bits per heavy atom. The molecule has 3 aliphatic heterocycles. The van der Waals surface area contributed by atoms with Gasteiger partial charge in [0.05, 0.1) is 31.2 Å². The zero-order valence-corrected chi connectivity index (χ0v) is 22.6. The lowest BCUT2D eigenvalue weighted by Crippen LogP contribution is -2.61. The molecule has 8 nitrogen and oxygen atoms in total. The Balaban J connectivity index is 1.49. The highest BCUT2D eigenvalue weighted by Crippen LogP contribution is 2.52. The summed E-state index contributed by atoms with van der Waals surface area (Å²) in [5.74, 6) is -1.46. The van der Waals surface area contributed by atoms with Gasteiger partial charge in [0.1, 0.15) is 18.0 Å². The maximum atomic E-state index is 12.9. The van der Waals surface area contributed by atoms with Gasteiger partial charge in [-0.25, -0.2) is 0 Å². The fourth-order valence-corrected chi connectivity index (χ4v) is 5.83. The van der Waals surface area contributed by atoms with E-state index in [1.807, 2.05) is 12.1 Å². The van der Waals surface area contributed by atoms with Gasteiger partial charge >= 0.3 is 11.9 Å². The SMILES string of the molecule is CO[C@H](C)[C@H]1CC(=O)O[C@@H]2C[C@@H](CCCCc3cccc(O)c3)O[C@@]3(C2)O[C@H](CCC3(C)C)CC(=O)O1. The van der Waals surface area contributed by atoms with Crippen molar-refractivity contribution in [2.45, 2.75) is 121 Å². The number of aryl methyl sites for hydroxylation is 1. The average Bonchev–Trinajstić information content (AvgIpc) is 2.83. The van der Waals surface area contributed by atoms with Crippen LogP contribution in [-0.4, -0.2) is 60.5 Å². The molecular formula is C29H42O8. The molecule has 0 aromatic heterocycles. The second kappa shape index (κ2) is 11.7. The van der Waals surface area contributed by atoms with Gasteiger partial charge in [0.25, 0.3) is 0 Å². The standard InChI is InChI=1S/C29H42O8/c1-19(33-4)25-17-27(32)34-24-15-22(11-6-5-8-20-9-7-10-21(30)14-20)36-29(18-24)28(2,3)13-12-23(37-29)16-26(31)35-25/h7,9-10,14,19,22-25,30H,5-6,8,11-13,15-18H2,1-4H3/t19-,22-,23-,24-,25-,29+/m1/s1. The molecule has 3 fully saturated rings. The lowest BCUT2D eigenvalue weighted by atomic mass is 9.71. The van der Waals surface area contributed by atoms with Gasteiger partial charge in [-0.2, -0.15) is 0 Å². The summed E-state index contributed by atoms with van der Waals surface area (Å²) >= 11 is 0. The van der Waals surface area contributed by atoms with Crippen LogP contribution in [0.3, 0.4) is 0 Å². The molecule has 8 heteroatoms. The van der Waals surface area contributed by atoms with E-state index < -0.39 is 29.9 Å². The summed E-state index contributed by atoms with van der Waals surface area (Å²) in [5, 5.41) is 9.71. The minimum absolute atomic E-state index is 0.0470. The van der Waals surface area contributed by atoms with Crippen molar-refractivity contribution < 1.29 is 38.4 Å². The number of unbranched alkanes of at least 4 members (excludes halogenated alkanes) is 1. The van der Waals surface area contributed by atoms with Crippen molar-refractivity contribution in [1.29, 1.82) is 0 Å². The Hall–Kier alpha value is -2.16. The number of carbonyl (C=O) groups is 2. The molecule has 1 spiro atoms. The van der Waals surface area contributed by atoms with E-state index in [9.17, 15) is 14.7 Å². The van der Waals surface area contributed by atoms with Gasteiger partial charge in [-0.05, 0) is 56.7 Å². The molecule has 0 aliphatic carbocycles. The third-order valence-corrected chi connectivity index (χ3v) is 8.25. The Morgan fingerprint density at radius 3 is 2.62 bits per heavy atom. The minimum atomic E-state index is -0.937. The first kappa shape index (κ1) is 27.9. The van der Waals surface area contributed by atoms with Crippen LogP contribution in [0.2, 0.25) is 0 Å². The second-order valence-electron chi connectivity index (χ2n) is 11.5. The number of methoxy groups -OCH3 is 1. The number of phenolic OH excluding ortho intramolecular Hbond substituents is 1. The summed E-state index contributed by atoms with van der Waals surface area (Å²) in [4.78, 5) is 25.7. The van der Waals surface area contributed by atoms with Gasteiger partial charge in [-0.1, -0.05) is 32.4 Å². The summed E-state index contributed by atoms with van der Waals surface area (Å²) in [5.41, 5.74) is 0.795. The minimum Gasteiger partial charge on any atom is -0.508 e. The highest BCUT2D eigenvalue weighted by Gasteiger charge is 2.57. The molecule has 0 radical (unpaired) electrons. The molecule has 1 aromatic carbocycles. The van der Waals surface area contributed by atoms with Crippen LogP contribution in [0.25, 0.3) is 0 Å². The predicted molar refractivity (Wildman–Crippen MR) is 136 cm³/mol. The van der Waals surface area contributed by atoms with E-state index >= 15 is 0 Å². The number of cyclic esters (lactones) is 1. The van der Waals surface area contributed by atoms with Crippen molar-refractivity contribution in [3.63, 3.8) is 0 Å². The molecule has 3 bridgehead atoms. The first-order valence-electron chi connectivity index (χ1n) is 13.6. The van der Waals surface area contributed by atoms with Gasteiger partial charge in [-0.15, -0.1) is 0 Å². The second-order valence-corrected chi connectivity index (χ2v) is 11.5. The van der Waals surface area contributed by atoms with Gasteiger partial charge < -0.3 is 28.8 Å². The van der Waals surface area contributed by atoms with E-state index in [1.54, 1.807) is 19.1 Å². The Morgan fingerprint density at radius 1 is 1.08 bits per heavy atom. The van der Waals surface area contributed by atoms with Crippen molar-refractivity contribution in [3.05, 3.63) is 29.8 Å². The number of rotatable bonds is 7. The van der Waals surface area contributed by atoms with E-state index in [0.29, 0.717) is 12.8 Å². The Kier molecular flexibility index (Phi) is 8.81. The summed E-state index contributed by atoms with van der Waals surface area (Å²) in [7, 11) is 1.53. The molecule has 0 amide bonds. The van der Waals surface area contributed by atoms with Crippen molar-refractivity contribution in [2.24, 2.45) is 5.41 Å². The lowest BCUT2D eigenvalue weighted by molar-refractivity contribution is -0.373. The fourth-order valence-electron chi connectivity index (χ4n) is 5.83. The molecule has 0 unspecified atom stereocenters. The highest BCUT2D eigenvalue weighted by molar-refractivity contribution is 5.73. The van der Waals surface area contributed by atoms with E-state index in [1.165, 1.54) is 7.11 Å². The van der Waals surface area contributed by atoms with Crippen molar-refractivity contribution in [3.8, 4) is 5.75 Å². The van der Waals surface area contributed by atoms with Crippen LogP contribution < -0.4 is 0 Å². The normalized spacial score (nSPS) is 32.9. The van der Waals surface area contributed by atoms with Gasteiger partial charge in [0, 0.05) is 25.4 Å². The number of benzene rings is 1. The van der Waals surface area contributed by atoms with Crippen molar-refractivity contribution >= 4 is 11.9 Å². The average molecular weight is 519 g/mol. The van der Waals surface area contributed by atoms with Crippen LogP contribution in [0.4, 0.5) is 0 Å². The maximum absolute atomic E-state index is 12.9. The third-order valence-electron chi connectivity index (χ3n) is 8.25. The van der Waals surface area contributed by atoms with Crippen LogP contribution in [-0.2, 0) is 39.7 Å². The van der Waals surface area contributed by atoms with Gasteiger partial charge in [-0.3, -0.25) is 9.59 Å². The van der Waals surface area contributed by atoms with Crippen LogP contribution >= 0.6 is 0 Å². The molecular weight excluding hydrogens is 476 g/mol. The van der Waals surface area contributed by atoms with E-state index in [4.69, 9.17) is 23.7 Å². The summed E-state index contributed by atoms with van der Waals surface area (Å²) in [6.07, 6.45) is 4.31. The first-order chi connectivity index (χ1) is 17.6. The fraction of sp³-hybridized carbons (Fsp3) is 0.724. The topological polar surface area (TPSA) is 101 Å². The van der Waals surface area contributed by atoms with Crippen LogP contribution in [0.5, 0.6) is 5.75 Å². The highest BCUT2D eigenvalue weighted by atomic mass is 16.7. The van der Waals surface area contributed by atoms with Crippen LogP contribution in [0, 0.1) is 5.41 Å². The summed E-state index contributed by atoms with van der Waals surface area (Å²) < 4.78 is 30.3. The predicted octanol–water partition coefficient (Wildman–Crippen LogP) is 4.84. The molecule has 206 valence electrons. The number of phenols is 1. The van der Waals surface area contributed by atoms with Crippen LogP contribution in [0.15, 0.2) is 24.3 Å². The van der Waals surface area contributed by atoms with Crippen molar-refractivity contribution in [1.82, 2.24) is 0 Å². The summed E-state index contributed by atoms with van der Waals surface area (Å²) in [6.45, 7) is 6.04. The largest absolute Gasteiger partial charge is 0.508 e. The number of hydrogen-bond donors (Lipinski definition) is 1. The van der Waals surface area contributed by atoms with Gasteiger partial charge in [0.15, 0.2) is 5.79 Å². The number of carbonyl (C=O) groups excluding carboxylic acids is 2. The number of aromatic hydroxyl groups is 1.